The molecule has 0 bridgehead atoms. The highest BCUT2D eigenvalue weighted by Gasteiger charge is 2.30. The SMILES string of the molecule is CCOC1Sc2cc(O)ccc2N=C1C(=O)OC. The van der Waals surface area contributed by atoms with Gasteiger partial charge in [0.1, 0.15) is 5.75 Å². The predicted molar refractivity (Wildman–Crippen MR) is 68.5 cm³/mol. The Bertz CT molecular complexity index is 501. The van der Waals surface area contributed by atoms with Gasteiger partial charge in [0.15, 0.2) is 11.1 Å². The van der Waals surface area contributed by atoms with Crippen LogP contribution in [0.15, 0.2) is 28.1 Å². The Labute approximate surface area is 109 Å². The van der Waals surface area contributed by atoms with Gasteiger partial charge in [-0.2, -0.15) is 0 Å². The van der Waals surface area contributed by atoms with E-state index in [1.165, 1.54) is 24.9 Å². The molecule has 96 valence electrons. The maximum absolute atomic E-state index is 11.6. The maximum atomic E-state index is 11.6. The van der Waals surface area contributed by atoms with Gasteiger partial charge in [-0.3, -0.25) is 0 Å². The molecule has 1 unspecified atom stereocenters. The second-order valence-corrected chi connectivity index (χ2v) is 4.65. The van der Waals surface area contributed by atoms with Gasteiger partial charge >= 0.3 is 5.97 Å². The van der Waals surface area contributed by atoms with Crippen molar-refractivity contribution in [2.75, 3.05) is 13.7 Å². The van der Waals surface area contributed by atoms with Crippen LogP contribution < -0.4 is 0 Å². The van der Waals surface area contributed by atoms with Crippen molar-refractivity contribution in [2.45, 2.75) is 17.3 Å². The molecule has 1 heterocycles. The third-order valence-corrected chi connectivity index (χ3v) is 3.51. The summed E-state index contributed by atoms with van der Waals surface area (Å²) >= 11 is 1.33. The minimum Gasteiger partial charge on any atom is -0.508 e. The summed E-state index contributed by atoms with van der Waals surface area (Å²) in [6.45, 7) is 2.30. The number of fused-ring (bicyclic) bond motifs is 1. The quantitative estimate of drug-likeness (QED) is 0.849. The molecule has 1 aliphatic heterocycles. The molecule has 1 atom stereocenters. The highest BCUT2D eigenvalue weighted by Crippen LogP contribution is 2.40. The van der Waals surface area contributed by atoms with Crippen molar-refractivity contribution in [2.24, 2.45) is 4.99 Å². The molecule has 0 radical (unpaired) electrons. The number of thioether (sulfide) groups is 1. The van der Waals surface area contributed by atoms with Gasteiger partial charge in [-0.05, 0) is 25.1 Å². The lowest BCUT2D eigenvalue weighted by Gasteiger charge is -2.22. The molecule has 0 aliphatic carbocycles. The lowest BCUT2D eigenvalue weighted by Crippen LogP contribution is -2.31. The summed E-state index contributed by atoms with van der Waals surface area (Å²) in [4.78, 5) is 16.7. The molecule has 0 spiro atoms. The monoisotopic (exact) mass is 267 g/mol. The number of carbonyl (C=O) groups is 1. The van der Waals surface area contributed by atoms with Crippen molar-refractivity contribution in [3.63, 3.8) is 0 Å². The van der Waals surface area contributed by atoms with Crippen LogP contribution in [0.3, 0.4) is 0 Å². The van der Waals surface area contributed by atoms with Crippen molar-refractivity contribution in [3.8, 4) is 5.75 Å². The van der Waals surface area contributed by atoms with Crippen LogP contribution in [0.5, 0.6) is 5.75 Å². The number of phenolic OH excluding ortho intramolecular Hbond substituents is 1. The van der Waals surface area contributed by atoms with Crippen LogP contribution in [0.1, 0.15) is 6.92 Å². The fraction of sp³-hybridized carbons (Fsp3) is 0.333. The number of carbonyl (C=O) groups excluding carboxylic acids is 1. The molecule has 2 rings (SSSR count). The molecule has 0 aromatic heterocycles. The number of benzene rings is 1. The van der Waals surface area contributed by atoms with E-state index in [1.807, 2.05) is 6.92 Å². The zero-order valence-corrected chi connectivity index (χ0v) is 10.9. The number of nitrogens with zero attached hydrogens (tertiary/aromatic N) is 1. The van der Waals surface area contributed by atoms with Gasteiger partial charge in [0.2, 0.25) is 0 Å². The van der Waals surface area contributed by atoms with E-state index in [0.717, 1.165) is 4.90 Å². The normalized spacial score (nSPS) is 17.9. The summed E-state index contributed by atoms with van der Waals surface area (Å²) in [7, 11) is 1.31. The molecule has 0 saturated carbocycles. The molecule has 6 heteroatoms. The van der Waals surface area contributed by atoms with Crippen molar-refractivity contribution in [1.82, 2.24) is 0 Å². The van der Waals surface area contributed by atoms with E-state index in [4.69, 9.17) is 9.47 Å². The third kappa shape index (κ3) is 2.49. The summed E-state index contributed by atoms with van der Waals surface area (Å²) in [5.74, 6) is -0.340. The molecule has 0 fully saturated rings. The number of aliphatic imine (C=N–C) groups is 1. The molecule has 18 heavy (non-hydrogen) atoms. The Kier molecular flexibility index (Phi) is 3.88. The first-order valence-electron chi connectivity index (χ1n) is 5.44. The van der Waals surface area contributed by atoms with Crippen LogP contribution in [-0.4, -0.2) is 35.9 Å². The summed E-state index contributed by atoms with van der Waals surface area (Å²) in [6, 6.07) is 4.78. The second kappa shape index (κ2) is 5.41. The predicted octanol–water partition coefficient (Wildman–Crippen LogP) is 2.11. The topological polar surface area (TPSA) is 68.1 Å². The van der Waals surface area contributed by atoms with Gasteiger partial charge in [-0.1, -0.05) is 11.8 Å². The average Bonchev–Trinajstić information content (AvgIpc) is 2.37. The Hall–Kier alpha value is -1.53. The molecule has 0 amide bonds. The van der Waals surface area contributed by atoms with Crippen LogP contribution in [0.4, 0.5) is 5.69 Å². The number of hydrogen-bond acceptors (Lipinski definition) is 6. The third-order valence-electron chi connectivity index (χ3n) is 2.35. The maximum Gasteiger partial charge on any atom is 0.356 e. The van der Waals surface area contributed by atoms with Gasteiger partial charge in [0.05, 0.1) is 12.8 Å². The Morgan fingerprint density at radius 1 is 1.56 bits per heavy atom. The summed E-state index contributed by atoms with van der Waals surface area (Å²) in [5.41, 5.74) is 0.369. The summed E-state index contributed by atoms with van der Waals surface area (Å²) in [5, 5.41) is 9.43. The van der Waals surface area contributed by atoms with Gasteiger partial charge in [-0.15, -0.1) is 0 Å². The Morgan fingerprint density at radius 3 is 3.00 bits per heavy atom. The highest BCUT2D eigenvalue weighted by atomic mass is 32.2. The first-order chi connectivity index (χ1) is 8.65. The number of rotatable bonds is 3. The molecule has 1 N–H and O–H groups in total. The van der Waals surface area contributed by atoms with Crippen LogP contribution in [0.25, 0.3) is 0 Å². The van der Waals surface area contributed by atoms with E-state index in [0.29, 0.717) is 12.3 Å². The minimum absolute atomic E-state index is 0.160. The fourth-order valence-electron chi connectivity index (χ4n) is 1.55. The lowest BCUT2D eigenvalue weighted by atomic mass is 10.3. The first kappa shape index (κ1) is 12.9. The van der Waals surface area contributed by atoms with Crippen LogP contribution in [-0.2, 0) is 14.3 Å². The van der Waals surface area contributed by atoms with Crippen molar-refractivity contribution >= 4 is 29.1 Å². The molecule has 5 nitrogen and oxygen atoms in total. The van der Waals surface area contributed by atoms with Crippen LogP contribution >= 0.6 is 11.8 Å². The molecular weight excluding hydrogens is 254 g/mol. The van der Waals surface area contributed by atoms with Crippen molar-refractivity contribution < 1.29 is 19.4 Å². The fourth-order valence-corrected chi connectivity index (χ4v) is 2.67. The molecule has 1 aliphatic rings. The van der Waals surface area contributed by atoms with Crippen LogP contribution in [0.2, 0.25) is 0 Å². The van der Waals surface area contributed by atoms with Gasteiger partial charge in [-0.25, -0.2) is 9.79 Å². The second-order valence-electron chi connectivity index (χ2n) is 3.55. The van der Waals surface area contributed by atoms with E-state index in [-0.39, 0.29) is 11.5 Å². The molecule has 0 saturated heterocycles. The van der Waals surface area contributed by atoms with E-state index < -0.39 is 11.4 Å². The smallest absolute Gasteiger partial charge is 0.356 e. The number of methoxy groups -OCH3 is 1. The minimum atomic E-state index is -0.503. The number of ether oxygens (including phenoxy) is 2. The van der Waals surface area contributed by atoms with Crippen molar-refractivity contribution in [3.05, 3.63) is 18.2 Å². The lowest BCUT2D eigenvalue weighted by molar-refractivity contribution is -0.133. The van der Waals surface area contributed by atoms with Gasteiger partial charge < -0.3 is 14.6 Å². The van der Waals surface area contributed by atoms with E-state index in [2.05, 4.69) is 4.99 Å². The van der Waals surface area contributed by atoms with Gasteiger partial charge in [0, 0.05) is 11.5 Å². The molecular formula is C12H13NO4S. The van der Waals surface area contributed by atoms with E-state index >= 15 is 0 Å². The highest BCUT2D eigenvalue weighted by molar-refractivity contribution is 8.00. The number of hydrogen-bond donors (Lipinski definition) is 1. The zero-order chi connectivity index (χ0) is 13.1. The number of esters is 1. The zero-order valence-electron chi connectivity index (χ0n) is 10.0. The Morgan fingerprint density at radius 2 is 2.33 bits per heavy atom. The Balaban J connectivity index is 2.40. The van der Waals surface area contributed by atoms with E-state index in [1.54, 1.807) is 12.1 Å². The van der Waals surface area contributed by atoms with E-state index in [9.17, 15) is 9.90 Å². The number of phenols is 1. The summed E-state index contributed by atoms with van der Waals surface area (Å²) in [6.07, 6.45) is 0. The summed E-state index contributed by atoms with van der Waals surface area (Å²) < 4.78 is 10.2. The number of aromatic hydroxyl groups is 1. The molecule has 1 aromatic rings. The first-order valence-corrected chi connectivity index (χ1v) is 6.31. The van der Waals surface area contributed by atoms with Crippen molar-refractivity contribution in [1.29, 1.82) is 0 Å². The average molecular weight is 267 g/mol. The standard InChI is InChI=1S/C12H13NO4S/c1-3-17-12-10(11(15)16-2)13-8-5-4-7(14)6-9(8)18-12/h4-6,12,14H,3H2,1-2H3. The largest absolute Gasteiger partial charge is 0.508 e. The molecule has 1 aromatic carbocycles. The van der Waals surface area contributed by atoms with Gasteiger partial charge in [0.25, 0.3) is 0 Å². The van der Waals surface area contributed by atoms with Crippen LogP contribution in [0, 0.1) is 0 Å².